The SMILES string of the molecule is COc1cc2c(cc1OCCCCCOc1cc3c(cc1OC)NC(=O)[C@H]1C[C@@H](OC(C)=O)CN1C3=O)N=C[C@@H]1CCCN1C2=O. The van der Waals surface area contributed by atoms with E-state index in [1.54, 1.807) is 31.4 Å². The van der Waals surface area contributed by atoms with Crippen LogP contribution in [-0.4, -0.2) is 98.4 Å². The second kappa shape index (κ2) is 13.3. The first-order valence-corrected chi connectivity index (χ1v) is 15.6. The molecule has 4 aliphatic rings. The van der Waals surface area contributed by atoms with Crippen LogP contribution in [0.3, 0.4) is 0 Å². The summed E-state index contributed by atoms with van der Waals surface area (Å²) in [5, 5.41) is 2.82. The molecule has 0 unspecified atom stereocenters. The van der Waals surface area contributed by atoms with Crippen LogP contribution in [-0.2, 0) is 14.3 Å². The number of fused-ring (bicyclic) bond motifs is 4. The Balaban J connectivity index is 1.03. The number of nitrogens with zero attached hydrogens (tertiary/aromatic N) is 3. The summed E-state index contributed by atoms with van der Waals surface area (Å²) in [5.74, 6) is 0.636. The first kappa shape index (κ1) is 31.2. The van der Waals surface area contributed by atoms with Crippen LogP contribution >= 0.6 is 0 Å². The number of nitrogens with one attached hydrogen (secondary N) is 1. The molecular formula is C33H38N4O9. The van der Waals surface area contributed by atoms with Gasteiger partial charge in [0.2, 0.25) is 5.91 Å². The number of rotatable bonds is 11. The van der Waals surface area contributed by atoms with Gasteiger partial charge >= 0.3 is 5.97 Å². The van der Waals surface area contributed by atoms with Crippen molar-refractivity contribution >= 4 is 41.3 Å². The number of anilines is 1. The van der Waals surface area contributed by atoms with Crippen LogP contribution in [0.4, 0.5) is 11.4 Å². The maximum atomic E-state index is 13.5. The Bertz CT molecular complexity index is 1570. The Morgan fingerprint density at radius 2 is 1.57 bits per heavy atom. The Morgan fingerprint density at radius 1 is 0.891 bits per heavy atom. The normalized spacial score (nSPS) is 21.4. The Kier molecular flexibility index (Phi) is 9.00. The zero-order valence-electron chi connectivity index (χ0n) is 26.2. The third-order valence-electron chi connectivity index (χ3n) is 8.71. The molecule has 2 aromatic carbocycles. The molecular weight excluding hydrogens is 596 g/mol. The summed E-state index contributed by atoms with van der Waals surface area (Å²) in [5.41, 5.74) is 1.73. The van der Waals surface area contributed by atoms with Gasteiger partial charge in [0.05, 0.1) is 62.5 Å². The van der Waals surface area contributed by atoms with Crippen LogP contribution in [0.1, 0.15) is 66.2 Å². The third-order valence-corrected chi connectivity index (χ3v) is 8.71. The van der Waals surface area contributed by atoms with Crippen molar-refractivity contribution in [1.82, 2.24) is 9.80 Å². The topological polar surface area (TPSA) is 145 Å². The van der Waals surface area contributed by atoms with Crippen LogP contribution in [0.25, 0.3) is 0 Å². The first-order valence-electron chi connectivity index (χ1n) is 15.6. The number of hydrogen-bond acceptors (Lipinski definition) is 10. The number of hydrogen-bond donors (Lipinski definition) is 1. The van der Waals surface area contributed by atoms with E-state index in [0.29, 0.717) is 59.6 Å². The number of esters is 1. The molecule has 244 valence electrons. The van der Waals surface area contributed by atoms with Gasteiger partial charge in [-0.15, -0.1) is 0 Å². The molecule has 1 N–H and O–H groups in total. The molecule has 46 heavy (non-hydrogen) atoms. The molecule has 2 saturated heterocycles. The Morgan fingerprint density at radius 3 is 2.28 bits per heavy atom. The highest BCUT2D eigenvalue weighted by atomic mass is 16.5. The van der Waals surface area contributed by atoms with Gasteiger partial charge < -0.3 is 38.8 Å². The number of carbonyl (C=O) groups is 4. The highest BCUT2D eigenvalue weighted by Gasteiger charge is 2.44. The molecule has 4 aliphatic heterocycles. The number of benzene rings is 2. The molecule has 3 atom stereocenters. The van der Waals surface area contributed by atoms with E-state index in [-0.39, 0.29) is 42.3 Å². The molecule has 2 fully saturated rings. The van der Waals surface area contributed by atoms with E-state index < -0.39 is 18.1 Å². The molecule has 2 aromatic rings. The van der Waals surface area contributed by atoms with Gasteiger partial charge in [-0.2, -0.15) is 0 Å². The highest BCUT2D eigenvalue weighted by molar-refractivity contribution is 6.11. The number of ether oxygens (including phenoxy) is 5. The summed E-state index contributed by atoms with van der Waals surface area (Å²) < 4.78 is 28.4. The van der Waals surface area contributed by atoms with E-state index >= 15 is 0 Å². The van der Waals surface area contributed by atoms with Crippen LogP contribution in [0.2, 0.25) is 0 Å². The van der Waals surface area contributed by atoms with Gasteiger partial charge in [-0.3, -0.25) is 24.2 Å². The average molecular weight is 635 g/mol. The zero-order chi connectivity index (χ0) is 32.4. The van der Waals surface area contributed by atoms with Crippen molar-refractivity contribution in [1.29, 1.82) is 0 Å². The second-order valence-electron chi connectivity index (χ2n) is 11.7. The average Bonchev–Trinajstić information content (AvgIpc) is 3.65. The molecule has 0 bridgehead atoms. The van der Waals surface area contributed by atoms with Gasteiger partial charge in [-0.25, -0.2) is 0 Å². The van der Waals surface area contributed by atoms with Crippen LogP contribution < -0.4 is 24.3 Å². The number of unbranched alkanes of at least 4 members (excludes halogenated alkanes) is 2. The van der Waals surface area contributed by atoms with Crippen molar-refractivity contribution in [3.8, 4) is 23.0 Å². The minimum atomic E-state index is -0.736. The number of aliphatic imine (C=N–C) groups is 1. The monoisotopic (exact) mass is 634 g/mol. The summed E-state index contributed by atoms with van der Waals surface area (Å²) >= 11 is 0. The van der Waals surface area contributed by atoms with Gasteiger partial charge in [0.25, 0.3) is 11.8 Å². The highest BCUT2D eigenvalue weighted by Crippen LogP contribution is 2.39. The number of amides is 3. The molecule has 0 aromatic heterocycles. The van der Waals surface area contributed by atoms with Crippen LogP contribution in [0.15, 0.2) is 29.3 Å². The molecule has 13 heteroatoms. The summed E-state index contributed by atoms with van der Waals surface area (Å²) in [7, 11) is 3.05. The maximum Gasteiger partial charge on any atom is 0.302 e. The zero-order valence-corrected chi connectivity index (χ0v) is 26.2. The van der Waals surface area contributed by atoms with Crippen molar-refractivity contribution in [2.75, 3.05) is 45.8 Å². The predicted molar refractivity (Wildman–Crippen MR) is 167 cm³/mol. The fourth-order valence-corrected chi connectivity index (χ4v) is 6.44. The first-order chi connectivity index (χ1) is 22.3. The lowest BCUT2D eigenvalue weighted by Crippen LogP contribution is -2.40. The molecule has 4 heterocycles. The minimum absolute atomic E-state index is 0.0310. The van der Waals surface area contributed by atoms with Gasteiger partial charge in [-0.1, -0.05) is 0 Å². The lowest BCUT2D eigenvalue weighted by atomic mass is 10.1. The number of methoxy groups -OCH3 is 2. The fourth-order valence-electron chi connectivity index (χ4n) is 6.44. The quantitative estimate of drug-likeness (QED) is 0.289. The van der Waals surface area contributed by atoms with E-state index in [4.69, 9.17) is 23.7 Å². The van der Waals surface area contributed by atoms with E-state index in [1.807, 2.05) is 11.1 Å². The van der Waals surface area contributed by atoms with Crippen molar-refractivity contribution in [3.05, 3.63) is 35.4 Å². The Hall–Kier alpha value is -4.81. The van der Waals surface area contributed by atoms with Crippen LogP contribution in [0.5, 0.6) is 23.0 Å². The fraction of sp³-hybridized carbons (Fsp3) is 0.485. The summed E-state index contributed by atoms with van der Waals surface area (Å²) in [6, 6.07) is 5.96. The lowest BCUT2D eigenvalue weighted by Gasteiger charge is -2.20. The molecule has 6 rings (SSSR count). The predicted octanol–water partition coefficient (Wildman–Crippen LogP) is 3.75. The molecule has 3 amide bonds. The number of carbonyl (C=O) groups excluding carboxylic acids is 4. The summed E-state index contributed by atoms with van der Waals surface area (Å²) in [6.45, 7) is 2.98. The standard InChI is InChI=1S/C33H38N4O9/c1-19(38)46-21-12-26-31(39)35-25-16-28(43-3)29(14-23(25)33(41)37(26)18-21)44-10-5-4-6-11-45-30-15-24-22(13-27(30)42-2)32(40)36-9-7-8-20(36)17-34-24/h13-17,20-21,26H,4-12,18H2,1-3H3,(H,35,39)/t20-,21+,26+/m0/s1. The maximum absolute atomic E-state index is 13.5. The summed E-state index contributed by atoms with van der Waals surface area (Å²) in [6.07, 6.45) is 5.70. The van der Waals surface area contributed by atoms with E-state index in [0.717, 1.165) is 32.2 Å². The third kappa shape index (κ3) is 6.18. The molecule has 0 radical (unpaired) electrons. The van der Waals surface area contributed by atoms with Gasteiger partial charge in [0.1, 0.15) is 12.1 Å². The van der Waals surface area contributed by atoms with E-state index in [2.05, 4.69) is 10.3 Å². The van der Waals surface area contributed by atoms with Gasteiger partial charge in [-0.05, 0) is 44.2 Å². The van der Waals surface area contributed by atoms with Gasteiger partial charge in [0.15, 0.2) is 23.0 Å². The van der Waals surface area contributed by atoms with Gasteiger partial charge in [0, 0.05) is 38.2 Å². The van der Waals surface area contributed by atoms with Crippen molar-refractivity contribution in [2.45, 2.75) is 63.6 Å². The smallest absolute Gasteiger partial charge is 0.302 e. The van der Waals surface area contributed by atoms with E-state index in [9.17, 15) is 19.2 Å². The van der Waals surface area contributed by atoms with E-state index in [1.165, 1.54) is 18.9 Å². The second-order valence-corrected chi connectivity index (χ2v) is 11.7. The lowest BCUT2D eigenvalue weighted by molar-refractivity contribution is -0.145. The molecule has 0 spiro atoms. The minimum Gasteiger partial charge on any atom is -0.493 e. The van der Waals surface area contributed by atoms with Crippen molar-refractivity contribution in [3.63, 3.8) is 0 Å². The van der Waals surface area contributed by atoms with Crippen molar-refractivity contribution in [2.24, 2.45) is 4.99 Å². The Labute approximate surface area is 266 Å². The molecule has 13 nitrogen and oxygen atoms in total. The molecule has 0 aliphatic carbocycles. The van der Waals surface area contributed by atoms with Crippen molar-refractivity contribution < 1.29 is 42.9 Å². The largest absolute Gasteiger partial charge is 0.493 e. The van der Waals surface area contributed by atoms with Crippen LogP contribution in [0, 0.1) is 0 Å². The summed E-state index contributed by atoms with van der Waals surface area (Å²) in [4.78, 5) is 58.8. The molecule has 0 saturated carbocycles.